The standard InChI is InChI=1S/C16H10BrN3O3/c17-12-4-7-16-18-9-14(19(16)10-12)5-6-15(21)11-2-1-3-13(8-11)20(22)23/h1-10H/b6-5+. The minimum atomic E-state index is -0.525. The molecule has 7 heteroatoms. The number of non-ortho nitro benzene ring substituents is 1. The first kappa shape index (κ1) is 15.1. The minimum Gasteiger partial charge on any atom is -0.299 e. The van der Waals surface area contributed by atoms with Gasteiger partial charge >= 0.3 is 0 Å². The number of nitro benzene ring substituents is 1. The van der Waals surface area contributed by atoms with Crippen LogP contribution >= 0.6 is 15.9 Å². The number of hydrogen-bond donors (Lipinski definition) is 0. The average molecular weight is 372 g/mol. The van der Waals surface area contributed by atoms with Gasteiger partial charge in [-0.15, -0.1) is 0 Å². The normalized spacial score (nSPS) is 11.2. The van der Waals surface area contributed by atoms with Crippen molar-refractivity contribution in [2.75, 3.05) is 0 Å². The molecule has 0 atom stereocenters. The lowest BCUT2D eigenvalue weighted by molar-refractivity contribution is -0.384. The van der Waals surface area contributed by atoms with Crippen molar-refractivity contribution in [3.8, 4) is 0 Å². The number of rotatable bonds is 4. The Kier molecular flexibility index (Phi) is 4.03. The summed E-state index contributed by atoms with van der Waals surface area (Å²) in [6.45, 7) is 0. The van der Waals surface area contributed by atoms with Gasteiger partial charge in [0.15, 0.2) is 5.78 Å². The molecule has 2 heterocycles. The Bertz CT molecular complexity index is 947. The van der Waals surface area contributed by atoms with E-state index in [0.29, 0.717) is 0 Å². The summed E-state index contributed by atoms with van der Waals surface area (Å²) in [6.07, 6.45) is 6.51. The van der Waals surface area contributed by atoms with Gasteiger partial charge in [-0.3, -0.25) is 19.3 Å². The van der Waals surface area contributed by atoms with Crippen molar-refractivity contribution in [3.05, 3.63) is 80.7 Å². The number of hydrogen-bond acceptors (Lipinski definition) is 4. The molecular weight excluding hydrogens is 362 g/mol. The predicted octanol–water partition coefficient (Wildman–Crippen LogP) is 3.90. The molecule has 0 N–H and O–H groups in total. The van der Waals surface area contributed by atoms with Crippen molar-refractivity contribution in [2.24, 2.45) is 0 Å². The number of nitro groups is 1. The fraction of sp³-hybridized carbons (Fsp3) is 0. The highest BCUT2D eigenvalue weighted by molar-refractivity contribution is 9.10. The first-order valence-electron chi connectivity index (χ1n) is 6.64. The topological polar surface area (TPSA) is 77.5 Å². The molecule has 0 fully saturated rings. The molecule has 2 aromatic heterocycles. The summed E-state index contributed by atoms with van der Waals surface area (Å²) >= 11 is 3.39. The number of pyridine rings is 1. The summed E-state index contributed by atoms with van der Waals surface area (Å²) in [4.78, 5) is 26.6. The van der Waals surface area contributed by atoms with Gasteiger partial charge in [-0.05, 0) is 40.2 Å². The maximum absolute atomic E-state index is 12.2. The van der Waals surface area contributed by atoms with Crippen molar-refractivity contribution in [1.82, 2.24) is 9.38 Å². The maximum atomic E-state index is 12.2. The highest BCUT2D eigenvalue weighted by Gasteiger charge is 2.09. The minimum absolute atomic E-state index is 0.108. The van der Waals surface area contributed by atoms with Crippen LogP contribution in [0, 0.1) is 10.1 Å². The predicted molar refractivity (Wildman–Crippen MR) is 89.4 cm³/mol. The van der Waals surface area contributed by atoms with Gasteiger partial charge in [-0.1, -0.05) is 12.1 Å². The molecular formula is C16H10BrN3O3. The Hall–Kier alpha value is -2.80. The van der Waals surface area contributed by atoms with Crippen molar-refractivity contribution in [3.63, 3.8) is 0 Å². The second-order valence-corrected chi connectivity index (χ2v) is 5.68. The molecule has 0 unspecified atom stereocenters. The van der Waals surface area contributed by atoms with Gasteiger partial charge in [0.1, 0.15) is 5.65 Å². The summed E-state index contributed by atoms with van der Waals surface area (Å²) in [5, 5.41) is 10.8. The van der Waals surface area contributed by atoms with Crippen LogP contribution in [0.25, 0.3) is 11.7 Å². The molecule has 23 heavy (non-hydrogen) atoms. The monoisotopic (exact) mass is 371 g/mol. The van der Waals surface area contributed by atoms with Gasteiger partial charge in [0.25, 0.3) is 5.69 Å². The third-order valence-electron chi connectivity index (χ3n) is 3.25. The second-order valence-electron chi connectivity index (χ2n) is 4.76. The Morgan fingerprint density at radius 2 is 2.13 bits per heavy atom. The van der Waals surface area contributed by atoms with E-state index in [0.717, 1.165) is 15.8 Å². The van der Waals surface area contributed by atoms with Crippen molar-refractivity contribution < 1.29 is 9.72 Å². The third kappa shape index (κ3) is 3.19. The molecule has 0 aliphatic carbocycles. The first-order chi connectivity index (χ1) is 11.0. The van der Waals surface area contributed by atoms with E-state index in [-0.39, 0.29) is 17.0 Å². The van der Waals surface area contributed by atoms with E-state index in [2.05, 4.69) is 20.9 Å². The summed E-state index contributed by atoms with van der Waals surface area (Å²) in [7, 11) is 0. The van der Waals surface area contributed by atoms with E-state index in [9.17, 15) is 14.9 Å². The van der Waals surface area contributed by atoms with E-state index >= 15 is 0 Å². The molecule has 114 valence electrons. The van der Waals surface area contributed by atoms with Crippen LogP contribution in [-0.2, 0) is 0 Å². The van der Waals surface area contributed by atoms with E-state index in [4.69, 9.17) is 0 Å². The zero-order chi connectivity index (χ0) is 16.4. The van der Waals surface area contributed by atoms with Crippen molar-refractivity contribution in [2.45, 2.75) is 0 Å². The number of fused-ring (bicyclic) bond motifs is 1. The van der Waals surface area contributed by atoms with Crippen LogP contribution in [0.5, 0.6) is 0 Å². The largest absolute Gasteiger partial charge is 0.299 e. The SMILES string of the molecule is O=C(/C=C/c1cnc2ccc(Br)cn12)c1cccc([N+](=O)[O-])c1. The maximum Gasteiger partial charge on any atom is 0.270 e. The van der Waals surface area contributed by atoms with E-state index in [1.54, 1.807) is 18.3 Å². The highest BCUT2D eigenvalue weighted by Crippen LogP contribution is 2.16. The molecule has 1 aromatic carbocycles. The molecule has 0 spiro atoms. The molecule has 6 nitrogen and oxygen atoms in total. The summed E-state index contributed by atoms with van der Waals surface area (Å²) in [6, 6.07) is 9.38. The molecule has 0 aliphatic heterocycles. The van der Waals surface area contributed by atoms with Crippen LogP contribution in [-0.4, -0.2) is 20.1 Å². The van der Waals surface area contributed by atoms with Gasteiger partial charge in [-0.25, -0.2) is 4.98 Å². The molecule has 0 saturated heterocycles. The quantitative estimate of drug-likeness (QED) is 0.301. The molecule has 0 aliphatic rings. The Labute approximate surface area is 139 Å². The lowest BCUT2D eigenvalue weighted by Gasteiger charge is -1.98. The number of ketones is 1. The summed E-state index contributed by atoms with van der Waals surface area (Å²) in [5.41, 5.74) is 1.66. The number of carbonyl (C=O) groups excluding carboxylic acids is 1. The van der Waals surface area contributed by atoms with Crippen LogP contribution in [0.3, 0.4) is 0 Å². The van der Waals surface area contributed by atoms with Crippen LogP contribution in [0.2, 0.25) is 0 Å². The molecule has 3 rings (SSSR count). The van der Waals surface area contributed by atoms with Crippen LogP contribution in [0.1, 0.15) is 16.1 Å². The van der Waals surface area contributed by atoms with E-state index in [1.807, 2.05) is 22.7 Å². The number of benzene rings is 1. The summed E-state index contributed by atoms with van der Waals surface area (Å²) in [5.74, 6) is -0.307. The van der Waals surface area contributed by atoms with Crippen molar-refractivity contribution in [1.29, 1.82) is 0 Å². The van der Waals surface area contributed by atoms with Gasteiger partial charge in [0, 0.05) is 28.4 Å². The van der Waals surface area contributed by atoms with Crippen LogP contribution in [0.4, 0.5) is 5.69 Å². The van der Waals surface area contributed by atoms with Crippen LogP contribution < -0.4 is 0 Å². The average Bonchev–Trinajstić information content (AvgIpc) is 2.95. The molecule has 0 bridgehead atoms. The second kappa shape index (κ2) is 6.13. The third-order valence-corrected chi connectivity index (χ3v) is 3.71. The van der Waals surface area contributed by atoms with Gasteiger partial charge in [0.2, 0.25) is 0 Å². The lowest BCUT2D eigenvalue weighted by Crippen LogP contribution is -1.96. The van der Waals surface area contributed by atoms with Gasteiger partial charge in [-0.2, -0.15) is 0 Å². The number of allylic oxidation sites excluding steroid dienone is 1. The van der Waals surface area contributed by atoms with Gasteiger partial charge in [0.05, 0.1) is 16.8 Å². The highest BCUT2D eigenvalue weighted by atomic mass is 79.9. The number of halogens is 1. The zero-order valence-corrected chi connectivity index (χ0v) is 13.3. The lowest BCUT2D eigenvalue weighted by atomic mass is 10.1. The molecule has 0 amide bonds. The Morgan fingerprint density at radius 3 is 2.91 bits per heavy atom. The fourth-order valence-corrected chi connectivity index (χ4v) is 2.46. The molecule has 3 aromatic rings. The zero-order valence-electron chi connectivity index (χ0n) is 11.7. The fourth-order valence-electron chi connectivity index (χ4n) is 2.13. The number of carbonyl (C=O) groups is 1. The Balaban J connectivity index is 1.89. The number of imidazole rings is 1. The first-order valence-corrected chi connectivity index (χ1v) is 7.43. The van der Waals surface area contributed by atoms with Crippen molar-refractivity contribution >= 4 is 39.1 Å². The van der Waals surface area contributed by atoms with E-state index in [1.165, 1.54) is 24.3 Å². The molecule has 0 radical (unpaired) electrons. The summed E-state index contributed by atoms with van der Waals surface area (Å²) < 4.78 is 2.73. The Morgan fingerprint density at radius 1 is 1.30 bits per heavy atom. The molecule has 0 saturated carbocycles. The number of nitrogens with zero attached hydrogens (tertiary/aromatic N) is 3. The van der Waals surface area contributed by atoms with Gasteiger partial charge < -0.3 is 0 Å². The number of aromatic nitrogens is 2. The van der Waals surface area contributed by atoms with Crippen LogP contribution in [0.15, 0.2) is 59.3 Å². The smallest absolute Gasteiger partial charge is 0.270 e. The van der Waals surface area contributed by atoms with E-state index < -0.39 is 4.92 Å².